The van der Waals surface area contributed by atoms with E-state index in [0.29, 0.717) is 32.1 Å². The highest BCUT2D eigenvalue weighted by molar-refractivity contribution is 5.93. The van der Waals surface area contributed by atoms with Gasteiger partial charge in [-0.2, -0.15) is 0 Å². The first kappa shape index (κ1) is 20.0. The maximum absolute atomic E-state index is 12.5. The van der Waals surface area contributed by atoms with Crippen LogP contribution in [-0.4, -0.2) is 40.8 Å². The molecule has 6 nitrogen and oxygen atoms in total. The zero-order chi connectivity index (χ0) is 19.9. The monoisotopic (exact) mass is 380 g/mol. The molecule has 1 aliphatic rings. The summed E-state index contributed by atoms with van der Waals surface area (Å²) in [7, 11) is 0. The predicted octanol–water partition coefficient (Wildman–Crippen LogP) is 2.81. The van der Waals surface area contributed by atoms with Crippen LogP contribution in [0.25, 0.3) is 0 Å². The lowest BCUT2D eigenvalue weighted by Gasteiger charge is -2.21. The number of hydrogen-bond donors (Lipinski definition) is 2. The van der Waals surface area contributed by atoms with Crippen molar-refractivity contribution in [3.8, 4) is 0 Å². The van der Waals surface area contributed by atoms with Gasteiger partial charge in [0.15, 0.2) is 0 Å². The Morgan fingerprint density at radius 3 is 2.68 bits per heavy atom. The van der Waals surface area contributed by atoms with Crippen LogP contribution >= 0.6 is 0 Å². The highest BCUT2D eigenvalue weighted by Crippen LogP contribution is 2.27. The Hall–Kier alpha value is -2.73. The molecule has 6 heteroatoms. The molecule has 2 aromatic rings. The number of aryl methyl sites for hydroxylation is 2. The summed E-state index contributed by atoms with van der Waals surface area (Å²) >= 11 is 0. The molecule has 0 radical (unpaired) electrons. The van der Waals surface area contributed by atoms with Gasteiger partial charge in [0.2, 0.25) is 11.8 Å². The van der Waals surface area contributed by atoms with Crippen LogP contribution in [0.3, 0.4) is 0 Å². The third-order valence-electron chi connectivity index (χ3n) is 4.90. The maximum Gasteiger partial charge on any atom is 0.238 e. The van der Waals surface area contributed by atoms with Crippen LogP contribution in [0.1, 0.15) is 36.1 Å². The van der Waals surface area contributed by atoms with E-state index in [1.54, 1.807) is 6.20 Å². The molecule has 0 atom stereocenters. The molecule has 1 aromatic heterocycles. The molecule has 0 unspecified atom stereocenters. The fraction of sp³-hybridized carbons (Fsp3) is 0.409. The summed E-state index contributed by atoms with van der Waals surface area (Å²) in [6.45, 7) is 5.32. The summed E-state index contributed by atoms with van der Waals surface area (Å²) in [5.41, 5.74) is 3.85. The van der Waals surface area contributed by atoms with Crippen molar-refractivity contribution in [3.63, 3.8) is 0 Å². The lowest BCUT2D eigenvalue weighted by molar-refractivity contribution is -0.122. The normalized spacial score (nSPS) is 13.4. The highest BCUT2D eigenvalue weighted by atomic mass is 16.2. The summed E-state index contributed by atoms with van der Waals surface area (Å²) in [6, 6.07) is 12.1. The lowest BCUT2D eigenvalue weighted by atomic mass is 10.1. The molecule has 1 fully saturated rings. The van der Waals surface area contributed by atoms with Gasteiger partial charge < -0.3 is 10.6 Å². The second-order valence-corrected chi connectivity index (χ2v) is 7.42. The molecule has 3 rings (SSSR count). The topological polar surface area (TPSA) is 74.3 Å². The Bertz CT molecular complexity index is 819. The lowest BCUT2D eigenvalue weighted by Crippen LogP contribution is -2.37. The molecule has 0 aliphatic heterocycles. The van der Waals surface area contributed by atoms with Gasteiger partial charge in [0.25, 0.3) is 0 Å². The van der Waals surface area contributed by atoms with Gasteiger partial charge in [0, 0.05) is 30.9 Å². The molecule has 0 saturated heterocycles. The van der Waals surface area contributed by atoms with Gasteiger partial charge in [-0.15, -0.1) is 0 Å². The number of amides is 2. The molecular weight excluding hydrogens is 352 g/mol. The minimum Gasteiger partial charge on any atom is -0.350 e. The zero-order valence-corrected chi connectivity index (χ0v) is 16.6. The molecule has 1 heterocycles. The van der Waals surface area contributed by atoms with Crippen LogP contribution < -0.4 is 10.6 Å². The fourth-order valence-electron chi connectivity index (χ4n) is 3.10. The summed E-state index contributed by atoms with van der Waals surface area (Å²) in [6.07, 6.45) is 4.27. The minimum absolute atomic E-state index is 0.0220. The first-order valence-corrected chi connectivity index (χ1v) is 9.79. The summed E-state index contributed by atoms with van der Waals surface area (Å²) in [5, 5.41) is 5.90. The standard InChI is InChI=1S/C22H28N4O2/c1-16-6-7-17(2)20(13-16)25-22(28)15-26(19-8-9-19)12-10-21(27)24-14-18-5-3-4-11-23-18/h3-7,11,13,19H,8-10,12,14-15H2,1-2H3,(H,24,27)(H,25,28). The Kier molecular flexibility index (Phi) is 6.76. The quantitative estimate of drug-likeness (QED) is 0.702. The number of pyridine rings is 1. The van der Waals surface area contributed by atoms with E-state index in [9.17, 15) is 9.59 Å². The third-order valence-corrected chi connectivity index (χ3v) is 4.90. The third kappa shape index (κ3) is 6.16. The molecule has 0 spiro atoms. The number of rotatable bonds is 9. The van der Waals surface area contributed by atoms with E-state index < -0.39 is 0 Å². The molecule has 1 aromatic carbocycles. The van der Waals surface area contributed by atoms with E-state index in [4.69, 9.17) is 0 Å². The van der Waals surface area contributed by atoms with Crippen LogP contribution in [0.5, 0.6) is 0 Å². The van der Waals surface area contributed by atoms with E-state index in [0.717, 1.165) is 35.3 Å². The average molecular weight is 380 g/mol. The average Bonchev–Trinajstić information content (AvgIpc) is 3.52. The molecule has 1 saturated carbocycles. The predicted molar refractivity (Wildman–Crippen MR) is 110 cm³/mol. The molecular formula is C22H28N4O2. The number of benzene rings is 1. The van der Waals surface area contributed by atoms with Crippen LogP contribution in [0.4, 0.5) is 5.69 Å². The molecule has 28 heavy (non-hydrogen) atoms. The van der Waals surface area contributed by atoms with Crippen molar-refractivity contribution in [2.75, 3.05) is 18.4 Å². The fourth-order valence-corrected chi connectivity index (χ4v) is 3.10. The van der Waals surface area contributed by atoms with Crippen molar-refractivity contribution < 1.29 is 9.59 Å². The van der Waals surface area contributed by atoms with Gasteiger partial charge in [0.1, 0.15) is 0 Å². The van der Waals surface area contributed by atoms with Gasteiger partial charge in [-0.05, 0) is 56.0 Å². The van der Waals surface area contributed by atoms with Gasteiger partial charge >= 0.3 is 0 Å². The van der Waals surface area contributed by atoms with Gasteiger partial charge in [-0.25, -0.2) is 0 Å². The summed E-state index contributed by atoms with van der Waals surface area (Å²) < 4.78 is 0. The van der Waals surface area contributed by atoms with Gasteiger partial charge in [0.05, 0.1) is 18.8 Å². The van der Waals surface area contributed by atoms with E-state index >= 15 is 0 Å². The Balaban J connectivity index is 1.46. The van der Waals surface area contributed by atoms with Gasteiger partial charge in [-0.3, -0.25) is 19.5 Å². The highest BCUT2D eigenvalue weighted by Gasteiger charge is 2.30. The van der Waals surface area contributed by atoms with Crippen molar-refractivity contribution in [1.82, 2.24) is 15.2 Å². The number of carbonyl (C=O) groups is 2. The summed E-state index contributed by atoms with van der Waals surface area (Å²) in [5.74, 6) is -0.0549. The van der Waals surface area contributed by atoms with Crippen LogP contribution in [0.2, 0.25) is 0 Å². The smallest absolute Gasteiger partial charge is 0.238 e. The Morgan fingerprint density at radius 2 is 1.96 bits per heavy atom. The number of nitrogens with one attached hydrogen (secondary N) is 2. The van der Waals surface area contributed by atoms with Crippen molar-refractivity contribution in [2.24, 2.45) is 0 Å². The number of nitrogens with zero attached hydrogens (tertiary/aromatic N) is 2. The van der Waals surface area contributed by atoms with Crippen molar-refractivity contribution in [2.45, 2.75) is 45.7 Å². The van der Waals surface area contributed by atoms with E-state index in [1.807, 2.05) is 50.2 Å². The first-order chi connectivity index (χ1) is 13.5. The van der Waals surface area contributed by atoms with Crippen LogP contribution in [0, 0.1) is 13.8 Å². The summed E-state index contributed by atoms with van der Waals surface area (Å²) in [4.78, 5) is 31.0. The molecule has 148 valence electrons. The SMILES string of the molecule is Cc1ccc(C)c(NC(=O)CN(CCC(=O)NCc2ccccn2)C2CC2)c1. The Morgan fingerprint density at radius 1 is 1.14 bits per heavy atom. The molecule has 2 amide bonds. The van der Waals surface area contributed by atoms with Crippen molar-refractivity contribution in [3.05, 3.63) is 59.4 Å². The van der Waals surface area contributed by atoms with Gasteiger partial charge in [-0.1, -0.05) is 18.2 Å². The van der Waals surface area contributed by atoms with Crippen molar-refractivity contribution in [1.29, 1.82) is 0 Å². The second kappa shape index (κ2) is 9.46. The number of carbonyl (C=O) groups excluding carboxylic acids is 2. The molecule has 1 aliphatic carbocycles. The number of hydrogen-bond acceptors (Lipinski definition) is 4. The second-order valence-electron chi connectivity index (χ2n) is 7.42. The zero-order valence-electron chi connectivity index (χ0n) is 16.6. The Labute approximate surface area is 166 Å². The van der Waals surface area contributed by atoms with E-state index in [2.05, 4.69) is 20.5 Å². The maximum atomic E-state index is 12.5. The van der Waals surface area contributed by atoms with E-state index in [-0.39, 0.29) is 11.8 Å². The van der Waals surface area contributed by atoms with Crippen LogP contribution in [-0.2, 0) is 16.1 Å². The molecule has 0 bridgehead atoms. The number of anilines is 1. The van der Waals surface area contributed by atoms with Crippen LogP contribution in [0.15, 0.2) is 42.6 Å². The minimum atomic E-state index is -0.0329. The molecule has 2 N–H and O–H groups in total. The van der Waals surface area contributed by atoms with Crippen molar-refractivity contribution >= 4 is 17.5 Å². The first-order valence-electron chi connectivity index (χ1n) is 9.79. The van der Waals surface area contributed by atoms with E-state index in [1.165, 1.54) is 0 Å². The number of aromatic nitrogens is 1. The largest absolute Gasteiger partial charge is 0.350 e.